The van der Waals surface area contributed by atoms with Gasteiger partial charge in [0.2, 0.25) is 0 Å². The third-order valence-corrected chi connectivity index (χ3v) is 12.9. The number of aromatic nitrogens is 2. The van der Waals surface area contributed by atoms with Crippen LogP contribution in [0.3, 0.4) is 0 Å². The molecule has 0 N–H and O–H groups in total. The molecule has 0 radical (unpaired) electrons. The summed E-state index contributed by atoms with van der Waals surface area (Å²) in [6.07, 6.45) is 0. The Balaban J connectivity index is 0.986. The molecule has 13 rings (SSSR count). The number of para-hydroxylation sites is 1. The zero-order valence-electron chi connectivity index (χ0n) is 30.4. The minimum Gasteiger partial charge on any atom is -0.456 e. The van der Waals surface area contributed by atoms with Crippen LogP contribution in [0.1, 0.15) is 0 Å². The molecule has 57 heavy (non-hydrogen) atoms. The quantitative estimate of drug-likeness (QED) is 0.181. The number of fused-ring (bicyclic) bond motifs is 11. The number of thiophene rings is 1. The molecule has 264 valence electrons. The van der Waals surface area contributed by atoms with Crippen LogP contribution in [0.25, 0.3) is 108 Å². The van der Waals surface area contributed by atoms with E-state index in [0.29, 0.717) is 5.82 Å². The number of rotatable bonds is 3. The fourth-order valence-corrected chi connectivity index (χ4v) is 10.3. The van der Waals surface area contributed by atoms with Gasteiger partial charge in [0.1, 0.15) is 11.2 Å². The molecule has 4 nitrogen and oxygen atoms in total. The van der Waals surface area contributed by atoms with Crippen molar-refractivity contribution in [2.45, 2.75) is 0 Å². The molecule has 0 atom stereocenters. The van der Waals surface area contributed by atoms with Crippen molar-refractivity contribution >= 4 is 103 Å². The van der Waals surface area contributed by atoms with Crippen LogP contribution >= 0.6 is 11.3 Å². The van der Waals surface area contributed by atoms with Crippen molar-refractivity contribution in [3.8, 4) is 33.8 Å². The highest BCUT2D eigenvalue weighted by Crippen LogP contribution is 2.53. The standard InChI is InChI=1S/C52H29N3OS/c1-2-12-37-30(9-1)22-25-40-39-15-7-10-31-11-8-16-43(47(31)39)55(50(37)40)36-24-21-32-27-35(20-19-33(32)28-36)52-53-48(51-49(54-52)41-14-4-6-18-46(41)57-51)34-23-26-45-42(29-34)38-13-3-5-17-44(38)56-45/h1-29H. The van der Waals surface area contributed by atoms with E-state index in [1.807, 2.05) is 12.1 Å². The van der Waals surface area contributed by atoms with Gasteiger partial charge < -0.3 is 9.32 Å². The molecule has 3 aromatic heterocycles. The predicted molar refractivity (Wildman–Crippen MR) is 239 cm³/mol. The minimum absolute atomic E-state index is 0.712. The maximum atomic E-state index is 6.19. The van der Waals surface area contributed by atoms with Gasteiger partial charge in [-0.3, -0.25) is 0 Å². The first-order chi connectivity index (χ1) is 28.2. The van der Waals surface area contributed by atoms with Gasteiger partial charge in [-0.25, -0.2) is 9.97 Å². The summed E-state index contributed by atoms with van der Waals surface area (Å²) in [4.78, 5) is 13.1. The predicted octanol–water partition coefficient (Wildman–Crippen LogP) is 15.0. The molecule has 0 aliphatic carbocycles. The fourth-order valence-electron chi connectivity index (χ4n) is 9.13. The van der Waals surface area contributed by atoms with Crippen LogP contribution < -0.4 is 4.90 Å². The first-order valence-corrected chi connectivity index (χ1v) is 20.0. The van der Waals surface area contributed by atoms with Crippen LogP contribution in [0.15, 0.2) is 180 Å². The Hall–Kier alpha value is -7.34. The van der Waals surface area contributed by atoms with Gasteiger partial charge in [0.05, 0.1) is 27.3 Å². The van der Waals surface area contributed by atoms with Crippen LogP contribution in [-0.4, -0.2) is 9.97 Å². The molecule has 4 heterocycles. The smallest absolute Gasteiger partial charge is 0.160 e. The summed E-state index contributed by atoms with van der Waals surface area (Å²) in [6, 6.07) is 63.2. The number of hydrogen-bond donors (Lipinski definition) is 0. The maximum absolute atomic E-state index is 6.19. The SMILES string of the molecule is c1ccc2c3c(ccc2c1)-c1cccc2cccc(c12)N3c1ccc2cc(-c3nc(-c4ccc5oc6ccccc6c5c4)c4sc5ccccc5c4n3)ccc2c1. The third-order valence-electron chi connectivity index (χ3n) is 11.7. The first kappa shape index (κ1) is 30.9. The average Bonchev–Trinajstić information content (AvgIpc) is 3.84. The molecule has 0 fully saturated rings. The van der Waals surface area contributed by atoms with Crippen LogP contribution in [0.4, 0.5) is 17.1 Å². The summed E-state index contributed by atoms with van der Waals surface area (Å²) in [7, 11) is 0. The van der Waals surface area contributed by atoms with Crippen molar-refractivity contribution in [1.82, 2.24) is 9.97 Å². The largest absolute Gasteiger partial charge is 0.456 e. The van der Waals surface area contributed by atoms with E-state index >= 15 is 0 Å². The average molecular weight is 744 g/mol. The second-order valence-corrected chi connectivity index (χ2v) is 16.0. The van der Waals surface area contributed by atoms with Crippen LogP contribution in [0.5, 0.6) is 0 Å². The van der Waals surface area contributed by atoms with Gasteiger partial charge in [0, 0.05) is 54.0 Å². The van der Waals surface area contributed by atoms with Crippen molar-refractivity contribution in [2.24, 2.45) is 0 Å². The Bertz CT molecular complexity index is 3670. The summed E-state index contributed by atoms with van der Waals surface area (Å²) in [6.45, 7) is 0. The van der Waals surface area contributed by atoms with E-state index in [-0.39, 0.29) is 0 Å². The van der Waals surface area contributed by atoms with E-state index in [9.17, 15) is 0 Å². The highest BCUT2D eigenvalue weighted by molar-refractivity contribution is 7.26. The van der Waals surface area contributed by atoms with Gasteiger partial charge in [-0.05, 0) is 81.7 Å². The lowest BCUT2D eigenvalue weighted by Gasteiger charge is -2.34. The lowest BCUT2D eigenvalue weighted by Crippen LogP contribution is -2.15. The molecule has 0 bridgehead atoms. The van der Waals surface area contributed by atoms with Gasteiger partial charge in [-0.15, -0.1) is 11.3 Å². The molecule has 0 saturated carbocycles. The summed E-state index contributed by atoms with van der Waals surface area (Å²) in [5.41, 5.74) is 11.8. The van der Waals surface area contributed by atoms with Gasteiger partial charge in [-0.1, -0.05) is 121 Å². The van der Waals surface area contributed by atoms with Crippen molar-refractivity contribution < 1.29 is 4.42 Å². The summed E-state index contributed by atoms with van der Waals surface area (Å²) >= 11 is 1.75. The molecule has 0 unspecified atom stereocenters. The van der Waals surface area contributed by atoms with E-state index < -0.39 is 0 Å². The first-order valence-electron chi connectivity index (χ1n) is 19.2. The zero-order chi connectivity index (χ0) is 37.2. The number of nitrogens with zero attached hydrogens (tertiary/aromatic N) is 3. The minimum atomic E-state index is 0.712. The monoisotopic (exact) mass is 743 g/mol. The molecule has 0 amide bonds. The van der Waals surface area contributed by atoms with Gasteiger partial charge in [-0.2, -0.15) is 0 Å². The fraction of sp³-hybridized carbons (Fsp3) is 0. The topological polar surface area (TPSA) is 42.2 Å². The maximum Gasteiger partial charge on any atom is 0.160 e. The molecule has 0 spiro atoms. The van der Waals surface area contributed by atoms with Crippen molar-refractivity contribution in [2.75, 3.05) is 4.90 Å². The number of benzene rings is 9. The molecular weight excluding hydrogens is 715 g/mol. The normalized spacial score (nSPS) is 12.5. The molecule has 9 aromatic carbocycles. The summed E-state index contributed by atoms with van der Waals surface area (Å²) < 4.78 is 8.48. The van der Waals surface area contributed by atoms with Crippen LogP contribution in [-0.2, 0) is 0 Å². The van der Waals surface area contributed by atoms with E-state index in [2.05, 4.69) is 169 Å². The highest BCUT2D eigenvalue weighted by atomic mass is 32.1. The summed E-state index contributed by atoms with van der Waals surface area (Å²) in [5.74, 6) is 0.712. The van der Waals surface area contributed by atoms with Gasteiger partial charge >= 0.3 is 0 Å². The molecular formula is C52H29N3OS. The van der Waals surface area contributed by atoms with Crippen molar-refractivity contribution in [3.05, 3.63) is 176 Å². The molecule has 1 aliphatic heterocycles. The Morgan fingerprint density at radius 3 is 2.16 bits per heavy atom. The number of anilines is 3. The van der Waals surface area contributed by atoms with Crippen molar-refractivity contribution in [1.29, 1.82) is 0 Å². The molecule has 5 heteroatoms. The number of hydrogen-bond acceptors (Lipinski definition) is 5. The molecule has 0 saturated heterocycles. The summed E-state index contributed by atoms with van der Waals surface area (Å²) in [5, 5.41) is 10.6. The third kappa shape index (κ3) is 4.49. The second-order valence-electron chi connectivity index (χ2n) is 14.9. The van der Waals surface area contributed by atoms with E-state index in [1.165, 1.54) is 48.7 Å². The Kier molecular flexibility index (Phi) is 6.29. The highest BCUT2D eigenvalue weighted by Gasteiger charge is 2.28. The van der Waals surface area contributed by atoms with Gasteiger partial charge in [0.15, 0.2) is 5.82 Å². The van der Waals surface area contributed by atoms with Crippen LogP contribution in [0, 0.1) is 0 Å². The van der Waals surface area contributed by atoms with Crippen molar-refractivity contribution in [3.63, 3.8) is 0 Å². The lowest BCUT2D eigenvalue weighted by atomic mass is 9.88. The Morgan fingerprint density at radius 1 is 0.474 bits per heavy atom. The van der Waals surface area contributed by atoms with Crippen LogP contribution in [0.2, 0.25) is 0 Å². The Labute approximate surface area is 330 Å². The lowest BCUT2D eigenvalue weighted by molar-refractivity contribution is 0.669. The van der Waals surface area contributed by atoms with E-state index in [0.717, 1.165) is 70.8 Å². The molecule has 1 aliphatic rings. The van der Waals surface area contributed by atoms with E-state index in [1.54, 1.807) is 11.3 Å². The van der Waals surface area contributed by atoms with E-state index in [4.69, 9.17) is 14.4 Å². The number of furan rings is 1. The van der Waals surface area contributed by atoms with Gasteiger partial charge in [0.25, 0.3) is 0 Å². The second kappa shape index (κ2) is 11.6. The zero-order valence-corrected chi connectivity index (χ0v) is 31.2. The Morgan fingerprint density at radius 2 is 1.21 bits per heavy atom. The molecule has 12 aromatic rings.